The third kappa shape index (κ3) is 5.78. The van der Waals surface area contributed by atoms with Gasteiger partial charge in [-0.1, -0.05) is 6.07 Å². The van der Waals surface area contributed by atoms with Gasteiger partial charge in [-0.15, -0.1) is 0 Å². The number of halogens is 1. The molecule has 2 N–H and O–H groups in total. The van der Waals surface area contributed by atoms with Crippen LogP contribution >= 0.6 is 0 Å². The van der Waals surface area contributed by atoms with Gasteiger partial charge in [0.1, 0.15) is 22.9 Å². The molecule has 0 fully saturated rings. The lowest BCUT2D eigenvalue weighted by atomic mass is 10.2. The van der Waals surface area contributed by atoms with Crippen LogP contribution in [0, 0.1) is 11.2 Å². The average Bonchev–Trinajstić information content (AvgIpc) is 3.32. The average molecular weight is 481 g/mol. The van der Waals surface area contributed by atoms with E-state index >= 15 is 0 Å². The maximum atomic E-state index is 14.6. The lowest BCUT2D eigenvalue weighted by molar-refractivity contribution is 0.0947. The van der Waals surface area contributed by atoms with Crippen LogP contribution < -0.4 is 24.3 Å². The number of rotatable bonds is 9. The summed E-state index contributed by atoms with van der Waals surface area (Å²) in [6.07, 6.45) is 0.845. The van der Waals surface area contributed by atoms with Gasteiger partial charge in [-0.05, 0) is 44.2 Å². The molecular formula is C25H24FN3O6. The predicted molar refractivity (Wildman–Crippen MR) is 124 cm³/mol. The van der Waals surface area contributed by atoms with Gasteiger partial charge < -0.3 is 29.0 Å². The number of amides is 1. The van der Waals surface area contributed by atoms with Crippen molar-refractivity contribution in [3.8, 4) is 28.9 Å². The Morgan fingerprint density at radius 3 is 2.77 bits per heavy atom. The number of aromatic nitrogens is 1. The van der Waals surface area contributed by atoms with Crippen LogP contribution in [0.1, 0.15) is 29.8 Å². The molecule has 1 aromatic heterocycles. The summed E-state index contributed by atoms with van der Waals surface area (Å²) < 4.78 is 41.7. The second kappa shape index (κ2) is 10.7. The van der Waals surface area contributed by atoms with Crippen LogP contribution in [0.15, 0.2) is 54.7 Å². The van der Waals surface area contributed by atoms with E-state index in [0.29, 0.717) is 23.9 Å². The maximum absolute atomic E-state index is 14.6. The van der Waals surface area contributed by atoms with E-state index in [-0.39, 0.29) is 42.0 Å². The second-order valence-electron chi connectivity index (χ2n) is 7.47. The molecule has 2 heterocycles. The van der Waals surface area contributed by atoms with Gasteiger partial charge in [-0.2, -0.15) is 0 Å². The smallest absolute Gasteiger partial charge is 0.257 e. The standard InChI is InChI=1S/C25H24FN3O6/c1-3-31-23(27)15(2)34-17-7-6-16(20(26)11-17)13-29-24(30)19-5-4-10-28-25(19)35-18-8-9-21-22(12-18)33-14-32-21/h4-12,15,27H,3,13-14H2,1-2H3,(H,29,30)/t15-/m1/s1. The van der Waals surface area contributed by atoms with Gasteiger partial charge in [0, 0.05) is 30.4 Å². The van der Waals surface area contributed by atoms with E-state index in [4.69, 9.17) is 29.1 Å². The summed E-state index contributed by atoms with van der Waals surface area (Å²) >= 11 is 0. The van der Waals surface area contributed by atoms with E-state index in [9.17, 15) is 9.18 Å². The number of hydrogen-bond donors (Lipinski definition) is 2. The highest BCUT2D eigenvalue weighted by molar-refractivity contribution is 5.96. The fourth-order valence-electron chi connectivity index (χ4n) is 3.24. The van der Waals surface area contributed by atoms with Crippen molar-refractivity contribution in [3.05, 3.63) is 71.7 Å². The molecule has 0 saturated carbocycles. The number of nitrogens with one attached hydrogen (secondary N) is 2. The van der Waals surface area contributed by atoms with Crippen molar-refractivity contribution < 1.29 is 32.9 Å². The molecule has 1 atom stereocenters. The first-order chi connectivity index (χ1) is 16.9. The quantitative estimate of drug-likeness (QED) is 0.343. The number of benzene rings is 2. The molecule has 0 unspecified atom stereocenters. The topological polar surface area (TPSA) is 112 Å². The Hall–Kier alpha value is -4.34. The third-order valence-electron chi connectivity index (χ3n) is 5.02. The molecule has 1 aliphatic rings. The molecule has 182 valence electrons. The molecule has 10 heteroatoms. The lowest BCUT2D eigenvalue weighted by Crippen LogP contribution is -2.26. The number of carbonyl (C=O) groups excluding carboxylic acids is 1. The summed E-state index contributed by atoms with van der Waals surface area (Å²) in [7, 11) is 0. The first-order valence-electron chi connectivity index (χ1n) is 10.9. The van der Waals surface area contributed by atoms with Gasteiger partial charge in [0.05, 0.1) is 6.61 Å². The summed E-state index contributed by atoms with van der Waals surface area (Å²) in [5, 5.41) is 10.4. The Labute approximate surface area is 201 Å². The minimum atomic E-state index is -0.659. The van der Waals surface area contributed by atoms with E-state index in [1.165, 1.54) is 18.3 Å². The Kier molecular flexibility index (Phi) is 7.30. The number of ether oxygens (including phenoxy) is 5. The van der Waals surface area contributed by atoms with Crippen molar-refractivity contribution >= 4 is 11.8 Å². The highest BCUT2D eigenvalue weighted by atomic mass is 19.1. The van der Waals surface area contributed by atoms with E-state index < -0.39 is 17.8 Å². The molecular weight excluding hydrogens is 457 g/mol. The summed E-state index contributed by atoms with van der Waals surface area (Å²) in [6.45, 7) is 3.83. The zero-order valence-corrected chi connectivity index (χ0v) is 19.2. The van der Waals surface area contributed by atoms with Gasteiger partial charge in [-0.3, -0.25) is 10.2 Å². The van der Waals surface area contributed by atoms with Crippen LogP contribution in [0.3, 0.4) is 0 Å². The Morgan fingerprint density at radius 2 is 1.97 bits per heavy atom. The molecule has 3 aromatic rings. The SMILES string of the molecule is CCOC(=N)[C@@H](C)Oc1ccc(CNC(=O)c2cccnc2Oc2ccc3c(c2)OCO3)c(F)c1. The molecule has 35 heavy (non-hydrogen) atoms. The Balaban J connectivity index is 1.39. The maximum Gasteiger partial charge on any atom is 0.257 e. The number of hydrogen-bond acceptors (Lipinski definition) is 8. The molecule has 4 rings (SSSR count). The van der Waals surface area contributed by atoms with E-state index in [0.717, 1.165) is 0 Å². The molecule has 0 bridgehead atoms. The number of nitrogens with zero attached hydrogens (tertiary/aromatic N) is 1. The summed E-state index contributed by atoms with van der Waals surface area (Å²) in [5.74, 6) is 0.844. The lowest BCUT2D eigenvalue weighted by Gasteiger charge is -2.16. The number of pyridine rings is 1. The molecule has 0 aliphatic carbocycles. The van der Waals surface area contributed by atoms with Crippen LogP contribution in [0.25, 0.3) is 0 Å². The van der Waals surface area contributed by atoms with E-state index in [2.05, 4.69) is 10.3 Å². The summed E-state index contributed by atoms with van der Waals surface area (Å²) in [5.41, 5.74) is 0.453. The molecule has 2 aromatic carbocycles. The molecule has 9 nitrogen and oxygen atoms in total. The van der Waals surface area contributed by atoms with Gasteiger partial charge in [0.2, 0.25) is 18.6 Å². The first kappa shape index (κ1) is 23.8. The van der Waals surface area contributed by atoms with Crippen LogP contribution in [-0.4, -0.2) is 36.3 Å². The van der Waals surface area contributed by atoms with Crippen molar-refractivity contribution in [1.29, 1.82) is 5.41 Å². The molecule has 0 spiro atoms. The number of fused-ring (bicyclic) bond motifs is 1. The normalized spacial score (nSPS) is 12.5. The fraction of sp³-hybridized carbons (Fsp3) is 0.240. The van der Waals surface area contributed by atoms with Gasteiger partial charge >= 0.3 is 0 Å². The second-order valence-corrected chi connectivity index (χ2v) is 7.47. The largest absolute Gasteiger partial charge is 0.481 e. The monoisotopic (exact) mass is 481 g/mol. The highest BCUT2D eigenvalue weighted by Crippen LogP contribution is 2.36. The van der Waals surface area contributed by atoms with Gasteiger partial charge in [0.25, 0.3) is 5.91 Å². The minimum Gasteiger partial charge on any atom is -0.481 e. The Morgan fingerprint density at radius 1 is 1.17 bits per heavy atom. The third-order valence-corrected chi connectivity index (χ3v) is 5.02. The van der Waals surface area contributed by atoms with Crippen molar-refractivity contribution in [2.24, 2.45) is 0 Å². The minimum absolute atomic E-state index is 0.0421. The molecule has 0 saturated heterocycles. The first-order valence-corrected chi connectivity index (χ1v) is 10.9. The van der Waals surface area contributed by atoms with Crippen molar-refractivity contribution in [2.45, 2.75) is 26.5 Å². The molecule has 1 amide bonds. The number of carbonyl (C=O) groups is 1. The van der Waals surface area contributed by atoms with Gasteiger partial charge in [0.15, 0.2) is 17.6 Å². The van der Waals surface area contributed by atoms with Crippen LogP contribution in [0.4, 0.5) is 4.39 Å². The molecule has 0 radical (unpaired) electrons. The van der Waals surface area contributed by atoms with Crippen LogP contribution in [-0.2, 0) is 11.3 Å². The zero-order valence-electron chi connectivity index (χ0n) is 19.2. The van der Waals surface area contributed by atoms with Crippen molar-refractivity contribution in [1.82, 2.24) is 10.3 Å². The summed E-state index contributed by atoms with van der Waals surface area (Å²) in [4.78, 5) is 17.0. The van der Waals surface area contributed by atoms with Crippen LogP contribution in [0.2, 0.25) is 0 Å². The highest BCUT2D eigenvalue weighted by Gasteiger charge is 2.18. The molecule has 1 aliphatic heterocycles. The predicted octanol–water partition coefficient (Wildman–Crippen LogP) is 4.45. The fourth-order valence-corrected chi connectivity index (χ4v) is 3.24. The van der Waals surface area contributed by atoms with E-state index in [1.807, 2.05) is 0 Å². The zero-order chi connectivity index (χ0) is 24.8. The van der Waals surface area contributed by atoms with Crippen molar-refractivity contribution in [3.63, 3.8) is 0 Å². The van der Waals surface area contributed by atoms with Gasteiger partial charge in [-0.25, -0.2) is 9.37 Å². The van der Waals surface area contributed by atoms with Crippen LogP contribution in [0.5, 0.6) is 28.9 Å². The van der Waals surface area contributed by atoms with E-state index in [1.54, 1.807) is 50.2 Å². The summed E-state index contributed by atoms with van der Waals surface area (Å²) in [6, 6.07) is 12.5. The Bertz CT molecular complexity index is 1240. The van der Waals surface area contributed by atoms with Crippen molar-refractivity contribution in [2.75, 3.05) is 13.4 Å².